The van der Waals surface area contributed by atoms with Gasteiger partial charge in [0.15, 0.2) is 9.84 Å². The molecule has 1 N–H and O–H groups in total. The first-order valence-corrected chi connectivity index (χ1v) is 12.5. The third kappa shape index (κ3) is 5.08. The Balaban J connectivity index is 1.72. The summed E-state index contributed by atoms with van der Waals surface area (Å²) in [5.41, 5.74) is 0.533. The average molecular weight is 426 g/mol. The van der Waals surface area contributed by atoms with Gasteiger partial charge < -0.3 is 0 Å². The summed E-state index contributed by atoms with van der Waals surface area (Å²) in [4.78, 5) is 13.5. The van der Waals surface area contributed by atoms with E-state index >= 15 is 0 Å². The second kappa shape index (κ2) is 8.70. The first-order valence-electron chi connectivity index (χ1n) is 9.02. The van der Waals surface area contributed by atoms with Gasteiger partial charge in [0.05, 0.1) is 17.1 Å². The van der Waals surface area contributed by atoms with Crippen LogP contribution >= 0.6 is 23.1 Å². The Bertz CT molecular complexity index is 907. The standard InChI is InChI=1S/C18H23N3O3S3/c1-3-12(4-2)17-20-21-18(26-17)19-16(22)14-7-5-6-8-15(14)25-13-9-10-27(23,24)11-13/h5-8,12-13H,3-4,9-11H2,1-2H3,(H,19,21,22). The van der Waals surface area contributed by atoms with Gasteiger partial charge in [0, 0.05) is 16.1 Å². The van der Waals surface area contributed by atoms with Crippen LogP contribution in [0.2, 0.25) is 0 Å². The van der Waals surface area contributed by atoms with E-state index in [9.17, 15) is 13.2 Å². The molecule has 1 aromatic carbocycles. The molecule has 0 radical (unpaired) electrons. The SMILES string of the molecule is CCC(CC)c1nnc(NC(=O)c2ccccc2SC2CCS(=O)(=O)C2)s1. The Morgan fingerprint density at radius 1 is 1.30 bits per heavy atom. The molecule has 1 unspecified atom stereocenters. The number of nitrogens with one attached hydrogen (secondary N) is 1. The molecule has 0 spiro atoms. The number of amides is 1. The normalized spacial score (nSPS) is 18.7. The molecule has 2 aromatic rings. The number of aromatic nitrogens is 2. The summed E-state index contributed by atoms with van der Waals surface area (Å²) in [6, 6.07) is 7.28. The fourth-order valence-electron chi connectivity index (χ4n) is 3.04. The highest BCUT2D eigenvalue weighted by Gasteiger charge is 2.29. The zero-order chi connectivity index (χ0) is 19.4. The van der Waals surface area contributed by atoms with Gasteiger partial charge in [-0.15, -0.1) is 22.0 Å². The Labute approximate surface area is 168 Å². The van der Waals surface area contributed by atoms with E-state index in [0.717, 1.165) is 22.7 Å². The first kappa shape index (κ1) is 20.3. The zero-order valence-corrected chi connectivity index (χ0v) is 17.8. The van der Waals surface area contributed by atoms with Crippen molar-refractivity contribution in [3.05, 3.63) is 34.8 Å². The summed E-state index contributed by atoms with van der Waals surface area (Å²) in [6.45, 7) is 4.23. The van der Waals surface area contributed by atoms with Crippen LogP contribution in [0.15, 0.2) is 29.2 Å². The number of sulfone groups is 1. The maximum Gasteiger partial charge on any atom is 0.258 e. The van der Waals surface area contributed by atoms with Crippen molar-refractivity contribution in [2.75, 3.05) is 16.8 Å². The lowest BCUT2D eigenvalue weighted by Crippen LogP contribution is -2.14. The van der Waals surface area contributed by atoms with Crippen molar-refractivity contribution in [1.82, 2.24) is 10.2 Å². The molecule has 0 bridgehead atoms. The topological polar surface area (TPSA) is 89.0 Å². The summed E-state index contributed by atoms with van der Waals surface area (Å²) >= 11 is 2.88. The summed E-state index contributed by atoms with van der Waals surface area (Å²) < 4.78 is 23.4. The van der Waals surface area contributed by atoms with Crippen LogP contribution in [0.4, 0.5) is 5.13 Å². The Morgan fingerprint density at radius 2 is 2.04 bits per heavy atom. The highest BCUT2D eigenvalue weighted by Crippen LogP contribution is 2.34. The number of benzene rings is 1. The van der Waals surface area contributed by atoms with Crippen LogP contribution in [0.3, 0.4) is 0 Å². The second-order valence-electron chi connectivity index (χ2n) is 6.55. The van der Waals surface area contributed by atoms with E-state index in [0.29, 0.717) is 23.0 Å². The smallest absolute Gasteiger partial charge is 0.258 e. The predicted octanol–water partition coefficient (Wildman–Crippen LogP) is 3.97. The number of carbonyl (C=O) groups excluding carboxylic acids is 1. The molecule has 146 valence electrons. The monoisotopic (exact) mass is 425 g/mol. The maximum absolute atomic E-state index is 12.8. The number of thioether (sulfide) groups is 1. The number of nitrogens with zero attached hydrogens (tertiary/aromatic N) is 2. The van der Waals surface area contributed by atoms with Crippen LogP contribution in [0.25, 0.3) is 0 Å². The fourth-order valence-corrected chi connectivity index (χ4v) is 7.67. The molecule has 1 saturated heterocycles. The Morgan fingerprint density at radius 3 is 2.70 bits per heavy atom. The largest absolute Gasteiger partial charge is 0.296 e. The van der Waals surface area contributed by atoms with Gasteiger partial charge >= 0.3 is 0 Å². The van der Waals surface area contributed by atoms with Gasteiger partial charge in [-0.1, -0.05) is 37.3 Å². The Kier molecular flexibility index (Phi) is 6.54. The van der Waals surface area contributed by atoms with Crippen molar-refractivity contribution in [1.29, 1.82) is 0 Å². The van der Waals surface area contributed by atoms with Crippen LogP contribution in [-0.2, 0) is 9.84 Å². The molecule has 1 aliphatic heterocycles. The lowest BCUT2D eigenvalue weighted by molar-refractivity contribution is 0.102. The lowest BCUT2D eigenvalue weighted by Gasteiger charge is -2.11. The maximum atomic E-state index is 12.8. The zero-order valence-electron chi connectivity index (χ0n) is 15.3. The molecule has 0 saturated carbocycles. The van der Waals surface area contributed by atoms with E-state index < -0.39 is 9.84 Å². The van der Waals surface area contributed by atoms with E-state index in [1.165, 1.54) is 23.1 Å². The Hall–Kier alpha value is -1.45. The minimum Gasteiger partial charge on any atom is -0.296 e. The highest BCUT2D eigenvalue weighted by atomic mass is 32.2. The predicted molar refractivity (Wildman–Crippen MR) is 111 cm³/mol. The number of hydrogen-bond acceptors (Lipinski definition) is 7. The van der Waals surface area contributed by atoms with Crippen LogP contribution in [-0.4, -0.2) is 41.3 Å². The van der Waals surface area contributed by atoms with Crippen molar-refractivity contribution < 1.29 is 13.2 Å². The van der Waals surface area contributed by atoms with E-state index in [-0.39, 0.29) is 22.7 Å². The van der Waals surface area contributed by atoms with Gasteiger partial charge in [0.1, 0.15) is 5.01 Å². The van der Waals surface area contributed by atoms with E-state index in [4.69, 9.17) is 0 Å². The quantitative estimate of drug-likeness (QED) is 0.722. The summed E-state index contributed by atoms with van der Waals surface area (Å²) in [7, 11) is -2.95. The summed E-state index contributed by atoms with van der Waals surface area (Å²) in [5, 5.41) is 12.6. The molecule has 1 atom stereocenters. The van der Waals surface area contributed by atoms with E-state index in [2.05, 4.69) is 29.4 Å². The minimum atomic E-state index is -2.95. The van der Waals surface area contributed by atoms with Crippen molar-refractivity contribution in [2.45, 2.75) is 49.2 Å². The van der Waals surface area contributed by atoms with Gasteiger partial charge in [0.25, 0.3) is 5.91 Å². The second-order valence-corrected chi connectivity index (χ2v) is 11.1. The fraction of sp³-hybridized carbons (Fsp3) is 0.500. The summed E-state index contributed by atoms with van der Waals surface area (Å²) in [6.07, 6.45) is 2.60. The van der Waals surface area contributed by atoms with Crippen molar-refractivity contribution in [3.8, 4) is 0 Å². The third-order valence-electron chi connectivity index (χ3n) is 4.61. The lowest BCUT2D eigenvalue weighted by atomic mass is 10.1. The number of hydrogen-bond donors (Lipinski definition) is 1. The van der Waals surface area contributed by atoms with Crippen LogP contribution in [0.1, 0.15) is 54.4 Å². The molecular weight excluding hydrogens is 402 g/mol. The van der Waals surface area contributed by atoms with Crippen molar-refractivity contribution in [3.63, 3.8) is 0 Å². The number of carbonyl (C=O) groups is 1. The molecule has 27 heavy (non-hydrogen) atoms. The molecule has 9 heteroatoms. The molecule has 1 aliphatic rings. The molecule has 1 aromatic heterocycles. The van der Waals surface area contributed by atoms with Gasteiger partial charge in [0.2, 0.25) is 5.13 Å². The summed E-state index contributed by atoms with van der Waals surface area (Å²) in [5.74, 6) is 0.511. The van der Waals surface area contributed by atoms with Gasteiger partial charge in [-0.25, -0.2) is 8.42 Å². The molecule has 6 nitrogen and oxygen atoms in total. The van der Waals surface area contributed by atoms with Crippen molar-refractivity contribution >= 4 is 44.0 Å². The van der Waals surface area contributed by atoms with Crippen LogP contribution < -0.4 is 5.32 Å². The minimum absolute atomic E-state index is 0.00745. The van der Waals surface area contributed by atoms with Crippen LogP contribution in [0.5, 0.6) is 0 Å². The van der Waals surface area contributed by atoms with Gasteiger partial charge in [-0.3, -0.25) is 10.1 Å². The molecule has 3 rings (SSSR count). The highest BCUT2D eigenvalue weighted by molar-refractivity contribution is 8.02. The third-order valence-corrected chi connectivity index (χ3v) is 8.94. The molecular formula is C18H23N3O3S3. The molecule has 1 amide bonds. The van der Waals surface area contributed by atoms with E-state index in [1.807, 2.05) is 12.1 Å². The first-order chi connectivity index (χ1) is 12.9. The van der Waals surface area contributed by atoms with E-state index in [1.54, 1.807) is 12.1 Å². The van der Waals surface area contributed by atoms with Crippen LogP contribution in [0, 0.1) is 0 Å². The molecule has 1 fully saturated rings. The van der Waals surface area contributed by atoms with Crippen molar-refractivity contribution in [2.24, 2.45) is 0 Å². The average Bonchev–Trinajstić information content (AvgIpc) is 3.23. The molecule has 0 aliphatic carbocycles. The van der Waals surface area contributed by atoms with Gasteiger partial charge in [-0.2, -0.15) is 0 Å². The number of rotatable bonds is 7. The molecule has 2 heterocycles. The number of anilines is 1. The van der Waals surface area contributed by atoms with Gasteiger partial charge in [-0.05, 0) is 31.4 Å².